The van der Waals surface area contributed by atoms with Gasteiger partial charge in [-0.2, -0.15) is 0 Å². The highest BCUT2D eigenvalue weighted by Crippen LogP contribution is 2.28. The summed E-state index contributed by atoms with van der Waals surface area (Å²) < 4.78 is 47.8. The van der Waals surface area contributed by atoms with E-state index in [4.69, 9.17) is 4.42 Å². The third-order valence-electron chi connectivity index (χ3n) is 4.23. The number of hydrogen-bond acceptors (Lipinski definition) is 5. The summed E-state index contributed by atoms with van der Waals surface area (Å²) in [6.45, 7) is 1.60. The minimum absolute atomic E-state index is 0.0644. The topological polar surface area (TPSA) is 82.2 Å². The summed E-state index contributed by atoms with van der Waals surface area (Å²) in [6.07, 6.45) is -4.77. The molecule has 2 heterocycles. The smallest absolute Gasteiger partial charge is 0.420 e. The van der Waals surface area contributed by atoms with Crippen LogP contribution in [0.2, 0.25) is 0 Å². The van der Waals surface area contributed by atoms with E-state index in [9.17, 15) is 18.0 Å². The van der Waals surface area contributed by atoms with E-state index in [1.165, 1.54) is 12.1 Å². The Morgan fingerprint density at radius 2 is 1.87 bits per heavy atom. The standard InChI is InChI=1S/C20H15F3N4O3/c1-12-25-26-19(29-12)17-10-13-4-2-3-5-16(13)27(17)11-18(28)24-14-6-8-15(9-7-14)30-20(21,22)23/h2-10H,11H2,1H3,(H,24,28). The molecule has 10 heteroatoms. The fourth-order valence-electron chi connectivity index (χ4n) is 3.04. The summed E-state index contributed by atoms with van der Waals surface area (Å²) in [6, 6.07) is 14.2. The number of carbonyl (C=O) groups excluding carboxylic acids is 1. The Morgan fingerprint density at radius 1 is 1.13 bits per heavy atom. The van der Waals surface area contributed by atoms with Crippen LogP contribution in [0.4, 0.5) is 18.9 Å². The molecule has 4 rings (SSSR count). The maximum absolute atomic E-state index is 12.6. The third-order valence-corrected chi connectivity index (χ3v) is 4.23. The molecular weight excluding hydrogens is 401 g/mol. The first-order chi connectivity index (χ1) is 14.3. The summed E-state index contributed by atoms with van der Waals surface area (Å²) >= 11 is 0. The van der Waals surface area contributed by atoms with E-state index in [-0.39, 0.29) is 24.1 Å². The Balaban J connectivity index is 1.56. The van der Waals surface area contributed by atoms with E-state index in [2.05, 4.69) is 20.3 Å². The maximum Gasteiger partial charge on any atom is 0.573 e. The van der Waals surface area contributed by atoms with Crippen LogP contribution in [0, 0.1) is 6.92 Å². The second-order valence-corrected chi connectivity index (χ2v) is 6.42. The second kappa shape index (κ2) is 7.54. The van der Waals surface area contributed by atoms with E-state index in [1.54, 1.807) is 11.5 Å². The number of amides is 1. The van der Waals surface area contributed by atoms with Crippen molar-refractivity contribution in [1.29, 1.82) is 0 Å². The highest BCUT2D eigenvalue weighted by molar-refractivity contribution is 5.93. The van der Waals surface area contributed by atoms with Crippen molar-refractivity contribution < 1.29 is 27.1 Å². The van der Waals surface area contributed by atoms with Gasteiger partial charge >= 0.3 is 6.36 Å². The van der Waals surface area contributed by atoms with Gasteiger partial charge in [-0.05, 0) is 36.4 Å². The molecule has 2 aromatic carbocycles. The molecule has 0 saturated carbocycles. The molecule has 0 radical (unpaired) electrons. The van der Waals surface area contributed by atoms with Crippen LogP contribution in [0.5, 0.6) is 5.75 Å². The predicted molar refractivity (Wildman–Crippen MR) is 102 cm³/mol. The first-order valence-electron chi connectivity index (χ1n) is 8.83. The van der Waals surface area contributed by atoms with Gasteiger partial charge in [0.2, 0.25) is 11.8 Å². The van der Waals surface area contributed by atoms with Gasteiger partial charge in [-0.3, -0.25) is 4.79 Å². The van der Waals surface area contributed by atoms with Crippen LogP contribution >= 0.6 is 0 Å². The van der Waals surface area contributed by atoms with E-state index in [1.807, 2.05) is 30.3 Å². The number of para-hydroxylation sites is 1. The molecule has 0 aliphatic heterocycles. The van der Waals surface area contributed by atoms with E-state index < -0.39 is 6.36 Å². The molecule has 7 nitrogen and oxygen atoms in total. The average Bonchev–Trinajstić information content (AvgIpc) is 3.26. The number of nitrogens with zero attached hydrogens (tertiary/aromatic N) is 3. The summed E-state index contributed by atoms with van der Waals surface area (Å²) in [5, 5.41) is 11.4. The van der Waals surface area contributed by atoms with Crippen molar-refractivity contribution in [2.75, 3.05) is 5.32 Å². The van der Waals surface area contributed by atoms with Crippen molar-refractivity contribution in [3.63, 3.8) is 0 Å². The van der Waals surface area contributed by atoms with Gasteiger partial charge in [-0.1, -0.05) is 18.2 Å². The second-order valence-electron chi connectivity index (χ2n) is 6.42. The van der Waals surface area contributed by atoms with Crippen molar-refractivity contribution in [3.05, 3.63) is 60.5 Å². The average molecular weight is 416 g/mol. The number of carbonyl (C=O) groups is 1. The molecular formula is C20H15F3N4O3. The van der Waals surface area contributed by atoms with Crippen molar-refractivity contribution in [3.8, 4) is 17.3 Å². The first-order valence-corrected chi connectivity index (χ1v) is 8.83. The number of rotatable bonds is 5. The number of alkyl halides is 3. The Bertz CT molecular complexity index is 1200. The Labute approximate surface area is 168 Å². The number of ether oxygens (including phenoxy) is 1. The van der Waals surface area contributed by atoms with Gasteiger partial charge < -0.3 is 19.0 Å². The normalized spacial score (nSPS) is 11.6. The number of hydrogen-bond donors (Lipinski definition) is 1. The van der Waals surface area contributed by atoms with Crippen molar-refractivity contribution >= 4 is 22.5 Å². The first kappa shape index (κ1) is 19.5. The van der Waals surface area contributed by atoms with E-state index in [0.29, 0.717) is 17.3 Å². The molecule has 4 aromatic rings. The van der Waals surface area contributed by atoms with Crippen LogP contribution < -0.4 is 10.1 Å². The van der Waals surface area contributed by atoms with Gasteiger partial charge in [-0.15, -0.1) is 23.4 Å². The maximum atomic E-state index is 12.6. The highest BCUT2D eigenvalue weighted by atomic mass is 19.4. The van der Waals surface area contributed by atoms with Gasteiger partial charge in [0.05, 0.1) is 0 Å². The Kier molecular flexibility index (Phi) is 4.90. The largest absolute Gasteiger partial charge is 0.573 e. The molecule has 0 fully saturated rings. The Hall–Kier alpha value is -3.82. The molecule has 0 atom stereocenters. The minimum atomic E-state index is -4.77. The van der Waals surface area contributed by atoms with Crippen molar-refractivity contribution in [2.45, 2.75) is 19.8 Å². The van der Waals surface area contributed by atoms with Crippen LogP contribution in [0.25, 0.3) is 22.5 Å². The van der Waals surface area contributed by atoms with Crippen LogP contribution in [-0.2, 0) is 11.3 Å². The fourth-order valence-corrected chi connectivity index (χ4v) is 3.04. The molecule has 0 unspecified atom stereocenters. The minimum Gasteiger partial charge on any atom is -0.420 e. The molecule has 0 saturated heterocycles. The molecule has 0 spiro atoms. The summed E-state index contributed by atoms with van der Waals surface area (Å²) in [4.78, 5) is 12.6. The lowest BCUT2D eigenvalue weighted by atomic mass is 10.2. The predicted octanol–water partition coefficient (Wildman–Crippen LogP) is 4.54. The fraction of sp³-hybridized carbons (Fsp3) is 0.150. The SMILES string of the molecule is Cc1nnc(-c2cc3ccccc3n2CC(=O)Nc2ccc(OC(F)(F)F)cc2)o1. The third kappa shape index (κ3) is 4.27. The van der Waals surface area contributed by atoms with Gasteiger partial charge in [0.1, 0.15) is 18.0 Å². The quantitative estimate of drug-likeness (QED) is 0.517. The zero-order chi connectivity index (χ0) is 21.3. The van der Waals surface area contributed by atoms with Crippen LogP contribution in [-0.4, -0.2) is 27.0 Å². The summed E-state index contributed by atoms with van der Waals surface area (Å²) in [5.41, 5.74) is 1.72. The number of nitrogens with one attached hydrogen (secondary N) is 1. The van der Waals surface area contributed by atoms with Gasteiger partial charge in [0.25, 0.3) is 5.89 Å². The monoisotopic (exact) mass is 416 g/mol. The molecule has 0 aliphatic carbocycles. The number of halogens is 3. The zero-order valence-electron chi connectivity index (χ0n) is 15.6. The van der Waals surface area contributed by atoms with Crippen LogP contribution in [0.3, 0.4) is 0 Å². The van der Waals surface area contributed by atoms with Gasteiger partial charge in [0.15, 0.2) is 0 Å². The molecule has 1 N–H and O–H groups in total. The van der Waals surface area contributed by atoms with Gasteiger partial charge in [-0.25, -0.2) is 0 Å². The molecule has 0 aliphatic rings. The molecule has 2 aromatic heterocycles. The van der Waals surface area contributed by atoms with E-state index >= 15 is 0 Å². The van der Waals surface area contributed by atoms with Crippen molar-refractivity contribution in [1.82, 2.24) is 14.8 Å². The molecule has 154 valence electrons. The van der Waals surface area contributed by atoms with Crippen LogP contribution in [0.1, 0.15) is 5.89 Å². The summed E-state index contributed by atoms with van der Waals surface area (Å²) in [7, 11) is 0. The number of fused-ring (bicyclic) bond motifs is 1. The lowest BCUT2D eigenvalue weighted by Crippen LogP contribution is -2.19. The number of benzene rings is 2. The molecule has 0 bridgehead atoms. The lowest BCUT2D eigenvalue weighted by Gasteiger charge is -2.11. The van der Waals surface area contributed by atoms with E-state index in [0.717, 1.165) is 23.0 Å². The van der Waals surface area contributed by atoms with Crippen molar-refractivity contribution in [2.24, 2.45) is 0 Å². The zero-order valence-corrected chi connectivity index (χ0v) is 15.6. The number of aryl methyl sites for hydroxylation is 1. The van der Waals surface area contributed by atoms with Crippen LogP contribution in [0.15, 0.2) is 59.0 Å². The summed E-state index contributed by atoms with van der Waals surface area (Å²) in [5.74, 6) is -0.0677. The molecule has 1 amide bonds. The highest BCUT2D eigenvalue weighted by Gasteiger charge is 2.31. The molecule has 30 heavy (non-hydrogen) atoms. The Morgan fingerprint density at radius 3 is 2.53 bits per heavy atom. The number of aromatic nitrogens is 3. The van der Waals surface area contributed by atoms with Gasteiger partial charge in [0, 0.05) is 23.5 Å². The number of anilines is 1. The lowest BCUT2D eigenvalue weighted by molar-refractivity contribution is -0.274.